The lowest BCUT2D eigenvalue weighted by Gasteiger charge is -2.43. The highest BCUT2D eigenvalue weighted by Crippen LogP contribution is 2.49. The molecule has 0 unspecified atom stereocenters. The van der Waals surface area contributed by atoms with E-state index in [1.807, 2.05) is 26.0 Å². The minimum atomic E-state index is -1.69. The maximum atomic E-state index is 13.8. The van der Waals surface area contributed by atoms with E-state index in [1.165, 1.54) is 19.1 Å². The summed E-state index contributed by atoms with van der Waals surface area (Å²) in [6.45, 7) is 7.26. The van der Waals surface area contributed by atoms with Crippen LogP contribution in [0.5, 0.6) is 5.75 Å². The molecule has 3 aliphatic rings. The molecule has 3 aliphatic heterocycles. The molecule has 45 heavy (non-hydrogen) atoms. The van der Waals surface area contributed by atoms with E-state index in [0.29, 0.717) is 30.7 Å². The number of benzene rings is 1. The number of carbonyl (C=O) groups excluding carboxylic acids is 3. The molecule has 3 N–H and O–H groups in total. The number of anilines is 1. The summed E-state index contributed by atoms with van der Waals surface area (Å²) < 4.78 is 29.0. The fourth-order valence-corrected chi connectivity index (χ4v) is 6.60. The minimum absolute atomic E-state index is 0.0457. The summed E-state index contributed by atoms with van der Waals surface area (Å²) in [4.78, 5) is 41.0. The molecule has 250 valence electrons. The zero-order valence-corrected chi connectivity index (χ0v) is 28.0. The third-order valence-corrected chi connectivity index (χ3v) is 9.72. The number of methoxy groups -OCH3 is 2. The molecule has 12 nitrogen and oxygen atoms in total. The number of alkyl carbamates (subject to hydrolysis) is 1. The predicted octanol–water partition coefficient (Wildman–Crippen LogP) is 3.50. The number of hydrogen-bond acceptors (Lipinski definition) is 10. The SMILES string of the molecule is CN[C@@H](C)C(=O)O[C@H]1CC(=O)N(C)c2cc(cc(OC)c2Cl)C/C(C)=C/CC[C@@H](OC)[C@@]2(O)C[C@H](OC(=O)N2)[C@@H](C)[C@@H]2O[C@@]12C. The molecule has 13 heteroatoms. The molecular weight excluding hydrogens is 606 g/mol. The Balaban J connectivity index is 1.77. The molecule has 1 aromatic rings. The van der Waals surface area contributed by atoms with Crippen molar-refractivity contribution in [3.8, 4) is 5.75 Å². The Hall–Kier alpha value is -2.90. The zero-order valence-electron chi connectivity index (χ0n) is 27.3. The molecule has 4 rings (SSSR count). The molecule has 2 saturated heterocycles. The molecule has 3 heterocycles. The first-order chi connectivity index (χ1) is 21.2. The Bertz CT molecular complexity index is 1320. The number of ether oxygens (including phenoxy) is 5. The summed E-state index contributed by atoms with van der Waals surface area (Å²) in [6.07, 6.45) is -0.337. The van der Waals surface area contributed by atoms with Gasteiger partial charge in [0.2, 0.25) is 5.91 Å². The second-order valence-electron chi connectivity index (χ2n) is 12.5. The second-order valence-corrected chi connectivity index (χ2v) is 12.9. The monoisotopic (exact) mass is 651 g/mol. The third-order valence-electron chi connectivity index (χ3n) is 9.34. The molecule has 0 radical (unpaired) electrons. The van der Waals surface area contributed by atoms with Crippen LogP contribution >= 0.6 is 11.6 Å². The number of hydrogen-bond donors (Lipinski definition) is 3. The summed E-state index contributed by atoms with van der Waals surface area (Å²) in [5, 5.41) is 17.4. The van der Waals surface area contributed by atoms with Crippen LogP contribution in [0.4, 0.5) is 10.5 Å². The van der Waals surface area contributed by atoms with E-state index < -0.39 is 59.8 Å². The Morgan fingerprint density at radius 3 is 2.62 bits per heavy atom. The summed E-state index contributed by atoms with van der Waals surface area (Å²) in [5.41, 5.74) is -0.406. The Morgan fingerprint density at radius 1 is 1.27 bits per heavy atom. The Morgan fingerprint density at radius 2 is 1.98 bits per heavy atom. The lowest BCUT2D eigenvalue weighted by molar-refractivity contribution is -0.158. The van der Waals surface area contributed by atoms with Crippen molar-refractivity contribution in [2.24, 2.45) is 5.92 Å². The van der Waals surface area contributed by atoms with Crippen LogP contribution < -0.4 is 20.3 Å². The van der Waals surface area contributed by atoms with E-state index in [0.717, 1.165) is 11.1 Å². The number of aliphatic hydroxyl groups is 1. The lowest BCUT2D eigenvalue weighted by atomic mass is 9.83. The van der Waals surface area contributed by atoms with Crippen LogP contribution in [-0.2, 0) is 35.0 Å². The first kappa shape index (κ1) is 35.0. The average Bonchev–Trinajstić information content (AvgIpc) is 3.69. The van der Waals surface area contributed by atoms with Gasteiger partial charge in [0.25, 0.3) is 0 Å². The Labute approximate surface area is 269 Å². The van der Waals surface area contributed by atoms with E-state index in [2.05, 4.69) is 16.7 Å². The molecule has 2 amide bonds. The minimum Gasteiger partial charge on any atom is -0.495 e. The molecule has 0 aromatic heterocycles. The number of esters is 1. The number of carbonyl (C=O) groups is 3. The number of allylic oxidation sites excluding steroid dienone is 2. The number of epoxide rings is 1. The van der Waals surface area contributed by atoms with Crippen LogP contribution in [-0.4, -0.2) is 93.2 Å². The van der Waals surface area contributed by atoms with Gasteiger partial charge in [-0.15, -0.1) is 0 Å². The zero-order chi connectivity index (χ0) is 33.3. The van der Waals surface area contributed by atoms with Crippen molar-refractivity contribution in [2.45, 2.75) is 102 Å². The fraction of sp³-hybridized carbons (Fsp3) is 0.656. The van der Waals surface area contributed by atoms with Gasteiger partial charge in [-0.05, 0) is 64.8 Å². The van der Waals surface area contributed by atoms with E-state index in [9.17, 15) is 19.5 Å². The van der Waals surface area contributed by atoms with Crippen molar-refractivity contribution < 1.29 is 43.2 Å². The topological polar surface area (TPSA) is 148 Å². The van der Waals surface area contributed by atoms with Gasteiger partial charge in [-0.2, -0.15) is 0 Å². The number of halogens is 1. The molecule has 0 saturated carbocycles. The van der Waals surface area contributed by atoms with Gasteiger partial charge in [0.1, 0.15) is 40.7 Å². The molecular formula is C32H46ClN3O9. The molecule has 0 spiro atoms. The largest absolute Gasteiger partial charge is 0.495 e. The van der Waals surface area contributed by atoms with Crippen LogP contribution in [0.15, 0.2) is 23.8 Å². The quantitative estimate of drug-likeness (QED) is 0.245. The summed E-state index contributed by atoms with van der Waals surface area (Å²) in [7, 11) is 6.26. The van der Waals surface area contributed by atoms with Crippen molar-refractivity contribution in [2.75, 3.05) is 33.2 Å². The summed E-state index contributed by atoms with van der Waals surface area (Å²) >= 11 is 6.70. The van der Waals surface area contributed by atoms with Crippen LogP contribution in [0.3, 0.4) is 0 Å². The molecule has 4 bridgehead atoms. The van der Waals surface area contributed by atoms with E-state index in [4.69, 9.17) is 35.3 Å². The van der Waals surface area contributed by atoms with Crippen LogP contribution in [0.2, 0.25) is 5.02 Å². The van der Waals surface area contributed by atoms with Gasteiger partial charge in [0.15, 0.2) is 5.72 Å². The maximum Gasteiger partial charge on any atom is 0.409 e. The van der Waals surface area contributed by atoms with Crippen molar-refractivity contribution in [1.29, 1.82) is 0 Å². The van der Waals surface area contributed by atoms with E-state index in [1.54, 1.807) is 27.9 Å². The van der Waals surface area contributed by atoms with Gasteiger partial charge >= 0.3 is 12.1 Å². The van der Waals surface area contributed by atoms with Crippen molar-refractivity contribution in [3.63, 3.8) is 0 Å². The molecule has 2 fully saturated rings. The van der Waals surface area contributed by atoms with Gasteiger partial charge in [0, 0.05) is 26.5 Å². The van der Waals surface area contributed by atoms with Crippen molar-refractivity contribution in [1.82, 2.24) is 10.6 Å². The highest BCUT2D eigenvalue weighted by Gasteiger charge is 2.64. The van der Waals surface area contributed by atoms with Crippen LogP contribution in [0.25, 0.3) is 0 Å². The maximum absolute atomic E-state index is 13.8. The van der Waals surface area contributed by atoms with Crippen LogP contribution in [0.1, 0.15) is 58.9 Å². The van der Waals surface area contributed by atoms with Crippen molar-refractivity contribution in [3.05, 3.63) is 34.4 Å². The summed E-state index contributed by atoms with van der Waals surface area (Å²) in [6, 6.07) is 3.04. The van der Waals surface area contributed by atoms with Gasteiger partial charge in [0.05, 0.1) is 25.3 Å². The number of nitrogens with one attached hydrogen (secondary N) is 2. The van der Waals surface area contributed by atoms with Gasteiger partial charge < -0.3 is 39.0 Å². The number of rotatable bonds is 5. The first-order valence-corrected chi connectivity index (χ1v) is 15.6. The second kappa shape index (κ2) is 13.8. The number of fused-ring (bicyclic) bond motifs is 5. The lowest BCUT2D eigenvalue weighted by Crippen LogP contribution is -2.64. The van der Waals surface area contributed by atoms with Crippen molar-refractivity contribution >= 4 is 35.3 Å². The molecule has 0 aliphatic carbocycles. The number of likely N-dealkylation sites (N-methyl/N-ethyl adjacent to an activating group) is 1. The number of amides is 2. The highest BCUT2D eigenvalue weighted by molar-refractivity contribution is 6.35. The summed E-state index contributed by atoms with van der Waals surface area (Å²) in [5.74, 6) is -0.913. The highest BCUT2D eigenvalue weighted by atomic mass is 35.5. The van der Waals surface area contributed by atoms with Gasteiger partial charge in [-0.25, -0.2) is 4.79 Å². The van der Waals surface area contributed by atoms with E-state index in [-0.39, 0.29) is 23.8 Å². The normalized spacial score (nSPS) is 34.4. The smallest absolute Gasteiger partial charge is 0.409 e. The standard InChI is InChI=1S/C32H46ClN3O9/c1-17-10-9-11-24(42-8)32(40)16-23(43-30(39)35-32)18(2)28-31(4,45-28)25(44-29(38)19(3)34-5)15-26(37)36(6)21-13-20(12-17)14-22(41-7)27(21)33/h10,13-14,18-19,23-25,28,34,40H,9,11-12,15-16H2,1-8H3,(H,35,39)/b17-10+/t18-,19+,23+,24-,25+,28+,31+,32+/m1/s1. The Kier molecular flexibility index (Phi) is 10.8. The van der Waals surface area contributed by atoms with Gasteiger partial charge in [-0.3, -0.25) is 14.9 Å². The fourth-order valence-electron chi connectivity index (χ4n) is 6.28. The molecule has 1 aromatic carbocycles. The van der Waals surface area contributed by atoms with E-state index >= 15 is 0 Å². The average molecular weight is 652 g/mol. The molecule has 8 atom stereocenters. The third kappa shape index (κ3) is 7.41. The predicted molar refractivity (Wildman–Crippen MR) is 167 cm³/mol. The van der Waals surface area contributed by atoms with Crippen LogP contribution in [0, 0.1) is 5.92 Å². The first-order valence-electron chi connectivity index (χ1n) is 15.3. The van der Waals surface area contributed by atoms with Gasteiger partial charge in [-0.1, -0.05) is 30.2 Å². The number of nitrogens with zero attached hydrogens (tertiary/aromatic N) is 1.